The van der Waals surface area contributed by atoms with Gasteiger partial charge in [-0.15, -0.1) is 0 Å². The Labute approximate surface area is 128 Å². The van der Waals surface area contributed by atoms with Gasteiger partial charge in [0.1, 0.15) is 0 Å². The van der Waals surface area contributed by atoms with E-state index in [0.29, 0.717) is 16.7 Å². The van der Waals surface area contributed by atoms with Gasteiger partial charge in [-0.25, -0.2) is 4.79 Å². The van der Waals surface area contributed by atoms with Crippen LogP contribution < -0.4 is 0 Å². The van der Waals surface area contributed by atoms with Crippen LogP contribution in [0.2, 0.25) is 0 Å². The molecular weight excluding hydrogens is 274 g/mol. The highest BCUT2D eigenvalue weighted by molar-refractivity contribution is 6.30. The summed E-state index contributed by atoms with van der Waals surface area (Å²) in [6, 6.07) is 11.5. The highest BCUT2D eigenvalue weighted by atomic mass is 16.4. The summed E-state index contributed by atoms with van der Waals surface area (Å²) >= 11 is 0. The monoisotopic (exact) mass is 289 g/mol. The predicted molar refractivity (Wildman–Crippen MR) is 87.2 cm³/mol. The SMILES string of the molecule is CCCC=CC1=C(C(=O)O)c2c(C#N)ccc3cc1ccc23. The molecule has 3 nitrogen and oxygen atoms in total. The molecule has 4 rings (SSSR count). The molecule has 0 heterocycles. The molecule has 2 aromatic rings. The van der Waals surface area contributed by atoms with Gasteiger partial charge >= 0.3 is 5.97 Å². The zero-order valence-corrected chi connectivity index (χ0v) is 12.3. The largest absolute Gasteiger partial charge is 0.478 e. The van der Waals surface area contributed by atoms with Crippen molar-refractivity contribution in [2.24, 2.45) is 0 Å². The molecule has 1 N–H and O–H groups in total. The third-order valence-corrected chi connectivity index (χ3v) is 3.92. The molecule has 0 radical (unpaired) electrons. The predicted octanol–water partition coefficient (Wildman–Crippen LogP) is 4.38. The van der Waals surface area contributed by atoms with Gasteiger partial charge in [-0.05, 0) is 40.5 Å². The number of allylic oxidation sites excluding steroid dienone is 3. The van der Waals surface area contributed by atoms with Crippen molar-refractivity contribution < 1.29 is 9.90 Å². The summed E-state index contributed by atoms with van der Waals surface area (Å²) in [4.78, 5) is 11.9. The number of carboxylic acid groups (broad SMARTS) is 1. The van der Waals surface area contributed by atoms with Crippen molar-refractivity contribution in [3.05, 3.63) is 59.2 Å². The lowest BCUT2D eigenvalue weighted by Crippen LogP contribution is -2.03. The van der Waals surface area contributed by atoms with E-state index in [1.165, 1.54) is 0 Å². The van der Waals surface area contributed by atoms with Crippen LogP contribution in [0.4, 0.5) is 0 Å². The summed E-state index contributed by atoms with van der Waals surface area (Å²) in [6.07, 6.45) is 5.76. The molecule has 0 amide bonds. The van der Waals surface area contributed by atoms with Gasteiger partial charge in [0.05, 0.1) is 17.2 Å². The van der Waals surface area contributed by atoms with Gasteiger partial charge < -0.3 is 5.11 Å². The van der Waals surface area contributed by atoms with E-state index in [1.54, 1.807) is 6.07 Å². The Morgan fingerprint density at radius 2 is 2.14 bits per heavy atom. The first-order valence-electron chi connectivity index (χ1n) is 7.29. The molecule has 2 aliphatic carbocycles. The highest BCUT2D eigenvalue weighted by Gasteiger charge is 2.25. The van der Waals surface area contributed by atoms with Gasteiger partial charge in [0.25, 0.3) is 0 Å². The van der Waals surface area contributed by atoms with Crippen molar-refractivity contribution in [3.8, 4) is 6.07 Å². The highest BCUT2D eigenvalue weighted by Crippen LogP contribution is 2.39. The summed E-state index contributed by atoms with van der Waals surface area (Å²) in [5.41, 5.74) is 2.70. The Kier molecular flexibility index (Phi) is 3.52. The van der Waals surface area contributed by atoms with Gasteiger partial charge in [-0.1, -0.05) is 43.7 Å². The third kappa shape index (κ3) is 2.10. The average Bonchev–Trinajstić information content (AvgIpc) is 2.72. The van der Waals surface area contributed by atoms with Gasteiger partial charge in [0.2, 0.25) is 0 Å². The second-order valence-electron chi connectivity index (χ2n) is 5.32. The lowest BCUT2D eigenvalue weighted by molar-refractivity contribution is -0.130. The van der Waals surface area contributed by atoms with Crippen molar-refractivity contribution >= 4 is 27.9 Å². The van der Waals surface area contributed by atoms with Gasteiger partial charge in [-0.2, -0.15) is 5.26 Å². The number of unbranched alkanes of at least 4 members (excludes halogenated alkanes) is 1. The third-order valence-electron chi connectivity index (χ3n) is 3.92. The number of fused-ring (bicyclic) bond motifs is 1. The fourth-order valence-corrected chi connectivity index (χ4v) is 2.91. The molecular formula is C19H15NO2. The number of rotatable bonds is 4. The summed E-state index contributed by atoms with van der Waals surface area (Å²) < 4.78 is 0. The van der Waals surface area contributed by atoms with E-state index < -0.39 is 5.97 Å². The van der Waals surface area contributed by atoms with Crippen LogP contribution in [0.25, 0.3) is 21.9 Å². The van der Waals surface area contributed by atoms with Crippen molar-refractivity contribution in [3.63, 3.8) is 0 Å². The first-order valence-corrected chi connectivity index (χ1v) is 7.29. The van der Waals surface area contributed by atoms with Crippen LogP contribution in [0.1, 0.15) is 36.5 Å². The topological polar surface area (TPSA) is 61.1 Å². The normalized spacial score (nSPS) is 13.1. The van der Waals surface area contributed by atoms with Crippen LogP contribution >= 0.6 is 0 Å². The van der Waals surface area contributed by atoms with Crippen molar-refractivity contribution in [2.75, 3.05) is 0 Å². The average molecular weight is 289 g/mol. The van der Waals surface area contributed by atoms with Crippen LogP contribution in [0, 0.1) is 11.3 Å². The van der Waals surface area contributed by atoms with Gasteiger partial charge in [-0.3, -0.25) is 0 Å². The fraction of sp³-hybridized carbons (Fsp3) is 0.158. The molecule has 0 fully saturated rings. The zero-order valence-electron chi connectivity index (χ0n) is 12.3. The van der Waals surface area contributed by atoms with Gasteiger partial charge in [0.15, 0.2) is 0 Å². The van der Waals surface area contributed by atoms with Crippen LogP contribution in [-0.4, -0.2) is 11.1 Å². The number of aliphatic carboxylic acids is 1. The Bertz CT molecular complexity index is 882. The molecule has 0 saturated heterocycles. The Morgan fingerprint density at radius 3 is 2.82 bits per heavy atom. The minimum atomic E-state index is -0.998. The summed E-state index contributed by atoms with van der Waals surface area (Å²) in [7, 11) is 0. The molecule has 108 valence electrons. The second-order valence-corrected chi connectivity index (χ2v) is 5.32. The minimum absolute atomic E-state index is 0.217. The molecule has 0 unspecified atom stereocenters. The molecule has 22 heavy (non-hydrogen) atoms. The number of benzene rings is 2. The van der Waals surface area contributed by atoms with Crippen molar-refractivity contribution in [1.29, 1.82) is 5.26 Å². The molecule has 4 bridgehead atoms. The van der Waals surface area contributed by atoms with E-state index in [0.717, 1.165) is 29.2 Å². The van der Waals surface area contributed by atoms with E-state index in [-0.39, 0.29) is 5.57 Å². The number of hydrogen-bond donors (Lipinski definition) is 1. The minimum Gasteiger partial charge on any atom is -0.478 e. The zero-order chi connectivity index (χ0) is 15.7. The number of carboxylic acids is 1. The maximum absolute atomic E-state index is 11.9. The van der Waals surface area contributed by atoms with E-state index in [4.69, 9.17) is 0 Å². The molecule has 0 aliphatic heterocycles. The molecule has 0 spiro atoms. The fourth-order valence-electron chi connectivity index (χ4n) is 2.91. The van der Waals surface area contributed by atoms with Crippen LogP contribution in [0.15, 0.2) is 42.5 Å². The Balaban J connectivity index is 2.39. The number of nitriles is 1. The van der Waals surface area contributed by atoms with Crippen molar-refractivity contribution in [2.45, 2.75) is 19.8 Å². The number of carbonyl (C=O) groups is 1. The Hall–Kier alpha value is -2.86. The summed E-state index contributed by atoms with van der Waals surface area (Å²) in [5.74, 6) is -0.998. The maximum atomic E-state index is 11.9. The number of nitrogens with zero attached hydrogens (tertiary/aromatic N) is 1. The number of hydrogen-bond acceptors (Lipinski definition) is 2. The molecule has 3 heteroatoms. The van der Waals surface area contributed by atoms with E-state index in [9.17, 15) is 15.2 Å². The first-order chi connectivity index (χ1) is 10.7. The Morgan fingerprint density at radius 1 is 1.32 bits per heavy atom. The second kappa shape index (κ2) is 5.50. The molecule has 0 atom stereocenters. The molecule has 0 aromatic heterocycles. The van der Waals surface area contributed by atoms with E-state index in [1.807, 2.05) is 36.4 Å². The van der Waals surface area contributed by atoms with Crippen molar-refractivity contribution in [1.82, 2.24) is 0 Å². The van der Waals surface area contributed by atoms with Crippen LogP contribution in [-0.2, 0) is 4.79 Å². The molecule has 2 aliphatic rings. The first kappa shape index (κ1) is 14.1. The van der Waals surface area contributed by atoms with Crippen LogP contribution in [0.3, 0.4) is 0 Å². The standard InChI is InChI=1S/C19H15NO2/c1-2-3-4-5-15-13-8-9-16-12(10-13)6-7-14(11-20)17(16)18(15)19(21)22/h4-10H,2-3H2,1H3,(H,21,22). The van der Waals surface area contributed by atoms with E-state index >= 15 is 0 Å². The quantitative estimate of drug-likeness (QED) is 0.908. The smallest absolute Gasteiger partial charge is 0.337 e. The molecule has 2 aromatic carbocycles. The summed E-state index contributed by atoms with van der Waals surface area (Å²) in [5, 5.41) is 20.9. The lowest BCUT2D eigenvalue weighted by Gasteiger charge is -2.08. The maximum Gasteiger partial charge on any atom is 0.337 e. The lowest BCUT2D eigenvalue weighted by atomic mass is 9.93. The molecule has 0 saturated carbocycles. The van der Waals surface area contributed by atoms with Gasteiger partial charge in [0, 0.05) is 5.56 Å². The van der Waals surface area contributed by atoms with E-state index in [2.05, 4.69) is 13.0 Å². The van der Waals surface area contributed by atoms with Crippen LogP contribution in [0.5, 0.6) is 0 Å². The summed E-state index contributed by atoms with van der Waals surface area (Å²) in [6.45, 7) is 2.08.